The Morgan fingerprint density at radius 2 is 1.29 bits per heavy atom. The van der Waals surface area contributed by atoms with Crippen LogP contribution < -0.4 is 9.44 Å². The summed E-state index contributed by atoms with van der Waals surface area (Å²) >= 11 is 0. The number of hydrogen-bond donors (Lipinski definition) is 2. The number of sulfonamides is 2. The molecule has 0 aromatic heterocycles. The van der Waals surface area contributed by atoms with E-state index in [2.05, 4.69) is 9.44 Å². The van der Waals surface area contributed by atoms with Gasteiger partial charge in [-0.2, -0.15) is 0 Å². The molecule has 0 amide bonds. The van der Waals surface area contributed by atoms with E-state index in [1.54, 1.807) is 30.3 Å². The van der Waals surface area contributed by atoms with Crippen molar-refractivity contribution < 1.29 is 16.8 Å². The summed E-state index contributed by atoms with van der Waals surface area (Å²) in [6.07, 6.45) is 1.10. The molecule has 0 radical (unpaired) electrons. The molecule has 1 aromatic carbocycles. The minimum absolute atomic E-state index is 0.294. The van der Waals surface area contributed by atoms with Gasteiger partial charge in [0.25, 0.3) is 0 Å². The van der Waals surface area contributed by atoms with Crippen LogP contribution in [0.5, 0.6) is 0 Å². The van der Waals surface area contributed by atoms with Gasteiger partial charge in [0.2, 0.25) is 20.0 Å². The first-order valence-corrected chi connectivity index (χ1v) is 7.97. The third kappa shape index (κ3) is 7.05. The molecule has 17 heavy (non-hydrogen) atoms. The van der Waals surface area contributed by atoms with E-state index < -0.39 is 20.0 Å². The summed E-state index contributed by atoms with van der Waals surface area (Å²) in [6, 6.07) is 8.24. The maximum absolute atomic E-state index is 11.1. The Balaban J connectivity index is 0.000000366. The van der Waals surface area contributed by atoms with Gasteiger partial charge in [0.05, 0.1) is 11.2 Å². The highest BCUT2D eigenvalue weighted by Gasteiger charge is 2.08. The van der Waals surface area contributed by atoms with Crippen molar-refractivity contribution in [2.24, 2.45) is 0 Å². The molecular weight excluding hydrogens is 264 g/mol. The molecular formula is C9H16N2O4S2. The zero-order valence-corrected chi connectivity index (χ0v) is 11.5. The quantitative estimate of drug-likeness (QED) is 0.799. The summed E-state index contributed by atoms with van der Waals surface area (Å²) in [5.74, 6) is 0. The topological polar surface area (TPSA) is 92.3 Å². The fraction of sp³-hybridized carbons (Fsp3) is 0.333. The fourth-order valence-corrected chi connectivity index (χ4v) is 1.47. The molecule has 6 nitrogen and oxygen atoms in total. The minimum Gasteiger partial charge on any atom is -0.219 e. The highest BCUT2D eigenvalue weighted by atomic mass is 32.2. The molecule has 8 heteroatoms. The van der Waals surface area contributed by atoms with Crippen LogP contribution in [0.1, 0.15) is 0 Å². The molecule has 0 fully saturated rings. The lowest BCUT2D eigenvalue weighted by Crippen LogP contribution is -2.18. The van der Waals surface area contributed by atoms with Crippen molar-refractivity contribution in [3.8, 4) is 0 Å². The largest absolute Gasteiger partial charge is 0.240 e. The predicted molar refractivity (Wildman–Crippen MR) is 66.6 cm³/mol. The molecule has 0 bridgehead atoms. The molecule has 0 saturated heterocycles. The van der Waals surface area contributed by atoms with Gasteiger partial charge >= 0.3 is 0 Å². The lowest BCUT2D eigenvalue weighted by molar-refractivity contribution is 0.588. The first-order valence-electron chi connectivity index (χ1n) is 4.60. The summed E-state index contributed by atoms with van der Waals surface area (Å²) in [6.45, 7) is 0. The van der Waals surface area contributed by atoms with Crippen molar-refractivity contribution in [2.45, 2.75) is 4.90 Å². The molecule has 0 aliphatic rings. The van der Waals surface area contributed by atoms with Crippen LogP contribution >= 0.6 is 0 Å². The molecule has 1 rings (SSSR count). The van der Waals surface area contributed by atoms with Crippen LogP contribution in [0.25, 0.3) is 0 Å². The number of rotatable bonds is 3. The molecule has 2 N–H and O–H groups in total. The van der Waals surface area contributed by atoms with Gasteiger partial charge in [0, 0.05) is 0 Å². The van der Waals surface area contributed by atoms with Gasteiger partial charge in [-0.15, -0.1) is 0 Å². The normalized spacial score (nSPS) is 11.5. The van der Waals surface area contributed by atoms with Gasteiger partial charge in [0.15, 0.2) is 0 Å². The van der Waals surface area contributed by atoms with Gasteiger partial charge < -0.3 is 0 Å². The Hall–Kier alpha value is -0.960. The Kier molecular flexibility index (Phi) is 6.32. The number of benzene rings is 1. The third-order valence-electron chi connectivity index (χ3n) is 1.69. The summed E-state index contributed by atoms with van der Waals surface area (Å²) in [4.78, 5) is 0.294. The Morgan fingerprint density at radius 1 is 0.882 bits per heavy atom. The molecule has 0 unspecified atom stereocenters. The average Bonchev–Trinajstić information content (AvgIpc) is 2.30. The summed E-state index contributed by atoms with van der Waals surface area (Å²) in [5, 5.41) is 0. The molecule has 1 aromatic rings. The maximum atomic E-state index is 11.1. The maximum Gasteiger partial charge on any atom is 0.240 e. The highest BCUT2D eigenvalue weighted by molar-refractivity contribution is 7.89. The van der Waals surface area contributed by atoms with Crippen LogP contribution in [0.15, 0.2) is 35.2 Å². The van der Waals surface area contributed by atoms with E-state index in [1.165, 1.54) is 14.1 Å². The predicted octanol–water partition coefficient (Wildman–Crippen LogP) is -0.240. The van der Waals surface area contributed by atoms with Crippen LogP contribution in [0.4, 0.5) is 0 Å². The van der Waals surface area contributed by atoms with Crippen molar-refractivity contribution in [3.63, 3.8) is 0 Å². The van der Waals surface area contributed by atoms with E-state index in [-0.39, 0.29) is 0 Å². The Bertz CT molecular complexity index is 523. The highest BCUT2D eigenvalue weighted by Crippen LogP contribution is 2.05. The van der Waals surface area contributed by atoms with Crippen LogP contribution in [-0.2, 0) is 20.0 Å². The van der Waals surface area contributed by atoms with Gasteiger partial charge in [-0.25, -0.2) is 26.3 Å². The summed E-state index contributed by atoms with van der Waals surface area (Å²) < 4.78 is 46.3. The molecule has 0 aliphatic carbocycles. The van der Waals surface area contributed by atoms with E-state index >= 15 is 0 Å². The second-order valence-corrected chi connectivity index (χ2v) is 6.84. The van der Waals surface area contributed by atoms with Crippen LogP contribution in [0, 0.1) is 0 Å². The summed E-state index contributed by atoms with van der Waals surface area (Å²) in [7, 11) is -3.40. The second kappa shape index (κ2) is 6.70. The van der Waals surface area contributed by atoms with Crippen molar-refractivity contribution in [1.82, 2.24) is 9.44 Å². The van der Waals surface area contributed by atoms with Crippen LogP contribution in [0.3, 0.4) is 0 Å². The molecule has 98 valence electrons. The molecule has 0 saturated carbocycles. The Morgan fingerprint density at radius 3 is 1.59 bits per heavy atom. The van der Waals surface area contributed by atoms with Gasteiger partial charge in [-0.1, -0.05) is 18.2 Å². The van der Waals surface area contributed by atoms with Crippen molar-refractivity contribution in [3.05, 3.63) is 30.3 Å². The standard InChI is InChI=1S/C7H9NO2S.C2H7NO2S/c1-8-11(9,10)7-5-3-2-4-6-7;1-3-6(2,4)5/h2-6,8H,1H3;3H,1-2H3. The van der Waals surface area contributed by atoms with Gasteiger partial charge in [-0.05, 0) is 26.2 Å². The molecule has 0 spiro atoms. The van der Waals surface area contributed by atoms with E-state index in [0.29, 0.717) is 4.90 Å². The van der Waals surface area contributed by atoms with E-state index in [4.69, 9.17) is 0 Å². The van der Waals surface area contributed by atoms with Crippen molar-refractivity contribution in [2.75, 3.05) is 20.4 Å². The summed E-state index contributed by atoms with van der Waals surface area (Å²) in [5.41, 5.74) is 0. The smallest absolute Gasteiger partial charge is 0.219 e. The second-order valence-electron chi connectivity index (χ2n) is 3.00. The average molecular weight is 280 g/mol. The molecule has 0 atom stereocenters. The first kappa shape index (κ1) is 16.0. The number of hydrogen-bond acceptors (Lipinski definition) is 4. The lowest BCUT2D eigenvalue weighted by atomic mass is 10.4. The monoisotopic (exact) mass is 280 g/mol. The van der Waals surface area contributed by atoms with Crippen molar-refractivity contribution >= 4 is 20.0 Å². The van der Waals surface area contributed by atoms with E-state index in [0.717, 1.165) is 6.26 Å². The van der Waals surface area contributed by atoms with Crippen molar-refractivity contribution in [1.29, 1.82) is 0 Å². The lowest BCUT2D eigenvalue weighted by Gasteiger charge is -1.99. The van der Waals surface area contributed by atoms with E-state index in [9.17, 15) is 16.8 Å². The molecule has 0 aliphatic heterocycles. The van der Waals surface area contributed by atoms with Crippen LogP contribution in [0.2, 0.25) is 0 Å². The third-order valence-corrected chi connectivity index (χ3v) is 3.86. The zero-order chi connectivity index (χ0) is 13.5. The zero-order valence-electron chi connectivity index (χ0n) is 9.84. The molecule has 0 heterocycles. The van der Waals surface area contributed by atoms with Gasteiger partial charge in [-0.3, -0.25) is 0 Å². The first-order chi connectivity index (χ1) is 7.73. The minimum atomic E-state index is -3.25. The SMILES string of the molecule is CNS(=O)(=O)c1ccccc1.CNS(C)(=O)=O. The van der Waals surface area contributed by atoms with Crippen LogP contribution in [-0.4, -0.2) is 37.2 Å². The van der Waals surface area contributed by atoms with E-state index in [1.807, 2.05) is 0 Å². The fourth-order valence-electron chi connectivity index (χ4n) is 0.717. The Labute approximate surface area is 102 Å². The number of nitrogens with one attached hydrogen (secondary N) is 2. The van der Waals surface area contributed by atoms with Gasteiger partial charge in [0.1, 0.15) is 0 Å².